The van der Waals surface area contributed by atoms with Crippen LogP contribution in [0.25, 0.3) is 0 Å². The van der Waals surface area contributed by atoms with E-state index >= 15 is 0 Å². The molecule has 0 aromatic carbocycles. The Labute approximate surface area is 126 Å². The van der Waals surface area contributed by atoms with Crippen molar-refractivity contribution in [2.24, 2.45) is 5.92 Å². The van der Waals surface area contributed by atoms with Crippen LogP contribution in [0, 0.1) is 5.92 Å². The number of carbonyl (C=O) groups excluding carboxylic acids is 2. The van der Waals surface area contributed by atoms with E-state index in [-0.39, 0.29) is 40.6 Å². The molecule has 0 N–H and O–H groups in total. The Morgan fingerprint density at radius 2 is 1.70 bits per heavy atom. The van der Waals surface area contributed by atoms with Gasteiger partial charge in [0.15, 0.2) is 0 Å². The number of carbonyl (C=O) groups is 2. The third kappa shape index (κ3) is 2.73. The zero-order chi connectivity index (χ0) is 15.3. The number of likely N-dealkylation sites (tertiary alicyclic amines) is 2. The maximum Gasteiger partial charge on any atom is 0.227 e. The van der Waals surface area contributed by atoms with Gasteiger partial charge in [0.05, 0.1) is 5.92 Å². The fourth-order valence-corrected chi connectivity index (χ4v) is 3.92. The zero-order valence-electron chi connectivity index (χ0n) is 13.1. The molecule has 2 aliphatic heterocycles. The molecule has 2 aliphatic rings. The fraction of sp³-hybridized carbons (Fsp3) is 0.867. The van der Waals surface area contributed by atoms with Crippen molar-refractivity contribution in [2.45, 2.75) is 64.1 Å². The molecule has 0 aromatic heterocycles. The summed E-state index contributed by atoms with van der Waals surface area (Å²) in [6, 6.07) is 0.199. The lowest BCUT2D eigenvalue weighted by atomic mass is 9.77. The SMILES string of the molecule is CN1C(C)(C)CC(N2CC(C(=O)Cl)CC2=O)CC1(C)C. The molecule has 4 nitrogen and oxygen atoms in total. The van der Waals surface area contributed by atoms with E-state index in [4.69, 9.17) is 11.6 Å². The second-order valence-electron chi connectivity index (χ2n) is 7.50. The molecule has 1 amide bonds. The molecule has 1 atom stereocenters. The minimum atomic E-state index is -0.382. The molecule has 20 heavy (non-hydrogen) atoms. The first-order valence-corrected chi connectivity index (χ1v) is 7.65. The third-order valence-electron chi connectivity index (χ3n) is 5.21. The smallest absolute Gasteiger partial charge is 0.227 e. The molecule has 0 bridgehead atoms. The van der Waals surface area contributed by atoms with E-state index in [1.807, 2.05) is 4.90 Å². The van der Waals surface area contributed by atoms with E-state index in [0.29, 0.717) is 6.54 Å². The first-order valence-electron chi connectivity index (χ1n) is 7.27. The van der Waals surface area contributed by atoms with E-state index in [2.05, 4.69) is 39.6 Å². The number of nitrogens with zero attached hydrogens (tertiary/aromatic N) is 2. The van der Waals surface area contributed by atoms with Gasteiger partial charge in [-0.05, 0) is 59.2 Å². The molecule has 0 spiro atoms. The lowest BCUT2D eigenvalue weighted by Gasteiger charge is -2.55. The fourth-order valence-electron chi connectivity index (χ4n) is 3.78. The van der Waals surface area contributed by atoms with Crippen molar-refractivity contribution in [3.63, 3.8) is 0 Å². The van der Waals surface area contributed by atoms with Gasteiger partial charge in [-0.25, -0.2) is 0 Å². The maximum absolute atomic E-state index is 12.2. The molecule has 2 saturated heterocycles. The highest BCUT2D eigenvalue weighted by Crippen LogP contribution is 2.40. The van der Waals surface area contributed by atoms with Crippen LogP contribution in [0.1, 0.15) is 47.0 Å². The van der Waals surface area contributed by atoms with E-state index in [1.165, 1.54) is 0 Å². The Balaban J connectivity index is 2.18. The molecular formula is C15H25ClN2O2. The summed E-state index contributed by atoms with van der Waals surface area (Å²) < 4.78 is 0. The van der Waals surface area contributed by atoms with Crippen LogP contribution in [0.4, 0.5) is 0 Å². The summed E-state index contributed by atoms with van der Waals surface area (Å²) in [4.78, 5) is 27.8. The van der Waals surface area contributed by atoms with Gasteiger partial charge in [0.1, 0.15) is 0 Å². The van der Waals surface area contributed by atoms with E-state index < -0.39 is 0 Å². The Morgan fingerprint density at radius 3 is 2.10 bits per heavy atom. The molecule has 0 saturated carbocycles. The van der Waals surface area contributed by atoms with Gasteiger partial charge in [0.2, 0.25) is 11.1 Å². The van der Waals surface area contributed by atoms with Crippen LogP contribution >= 0.6 is 11.6 Å². The topological polar surface area (TPSA) is 40.6 Å². The molecule has 1 unspecified atom stereocenters. The number of piperidine rings is 1. The van der Waals surface area contributed by atoms with Crippen LogP contribution in [0.5, 0.6) is 0 Å². The van der Waals surface area contributed by atoms with Gasteiger partial charge in [-0.3, -0.25) is 14.5 Å². The minimum absolute atomic E-state index is 0.0375. The molecule has 5 heteroatoms. The maximum atomic E-state index is 12.2. The van der Waals surface area contributed by atoms with Gasteiger partial charge in [-0.1, -0.05) is 0 Å². The first kappa shape index (κ1) is 15.8. The van der Waals surface area contributed by atoms with Crippen molar-refractivity contribution in [1.29, 1.82) is 0 Å². The molecular weight excluding hydrogens is 276 g/mol. The second kappa shape index (κ2) is 4.99. The summed E-state index contributed by atoms with van der Waals surface area (Å²) in [5.41, 5.74) is 0.0749. The lowest BCUT2D eigenvalue weighted by molar-refractivity contribution is -0.133. The average Bonchev–Trinajstić information content (AvgIpc) is 2.67. The van der Waals surface area contributed by atoms with Crippen molar-refractivity contribution in [1.82, 2.24) is 9.80 Å². The molecule has 114 valence electrons. The summed E-state index contributed by atoms with van der Waals surface area (Å²) in [7, 11) is 2.15. The van der Waals surface area contributed by atoms with Crippen molar-refractivity contribution in [2.75, 3.05) is 13.6 Å². The van der Waals surface area contributed by atoms with Crippen LogP contribution in [0.3, 0.4) is 0 Å². The number of hydrogen-bond donors (Lipinski definition) is 0. The molecule has 0 aliphatic carbocycles. The Hall–Kier alpha value is -0.610. The van der Waals surface area contributed by atoms with Crippen molar-refractivity contribution >= 4 is 22.8 Å². The van der Waals surface area contributed by atoms with Gasteiger partial charge < -0.3 is 4.90 Å². The Bertz CT molecular complexity index is 416. The van der Waals surface area contributed by atoms with Crippen LogP contribution in [-0.2, 0) is 9.59 Å². The number of hydrogen-bond acceptors (Lipinski definition) is 3. The quantitative estimate of drug-likeness (QED) is 0.735. The van der Waals surface area contributed by atoms with Crippen LogP contribution < -0.4 is 0 Å². The summed E-state index contributed by atoms with van der Waals surface area (Å²) in [6.45, 7) is 9.34. The van der Waals surface area contributed by atoms with Gasteiger partial charge in [-0.15, -0.1) is 0 Å². The normalized spacial score (nSPS) is 30.8. The van der Waals surface area contributed by atoms with Crippen LogP contribution in [-0.4, -0.2) is 51.7 Å². The number of rotatable bonds is 2. The highest BCUT2D eigenvalue weighted by atomic mass is 35.5. The summed E-state index contributed by atoms with van der Waals surface area (Å²) in [6.07, 6.45) is 2.14. The lowest BCUT2D eigenvalue weighted by Crippen LogP contribution is -2.62. The number of amides is 1. The van der Waals surface area contributed by atoms with Crippen LogP contribution in [0.15, 0.2) is 0 Å². The monoisotopic (exact) mass is 300 g/mol. The Kier molecular flexibility index (Phi) is 3.93. The molecule has 0 aromatic rings. The predicted octanol–water partition coefficient (Wildman–Crippen LogP) is 2.25. The van der Waals surface area contributed by atoms with Gasteiger partial charge in [0, 0.05) is 30.1 Å². The molecule has 2 rings (SSSR count). The highest BCUT2D eigenvalue weighted by Gasteiger charge is 2.47. The second-order valence-corrected chi connectivity index (χ2v) is 7.87. The van der Waals surface area contributed by atoms with Crippen molar-refractivity contribution in [3.8, 4) is 0 Å². The summed E-state index contributed by atoms with van der Waals surface area (Å²) in [5, 5.41) is -0.382. The number of halogens is 1. The highest BCUT2D eigenvalue weighted by molar-refractivity contribution is 6.64. The molecule has 2 heterocycles. The van der Waals surface area contributed by atoms with E-state index in [1.54, 1.807) is 0 Å². The molecule has 2 fully saturated rings. The van der Waals surface area contributed by atoms with Crippen molar-refractivity contribution < 1.29 is 9.59 Å². The standard InChI is InChI=1S/C15H25ClN2O2/c1-14(2)7-11(8-15(3,4)17(14)5)18-9-10(13(16)20)6-12(18)19/h10-11H,6-9H2,1-5H3. The van der Waals surface area contributed by atoms with Gasteiger partial charge in [-0.2, -0.15) is 0 Å². The first-order chi connectivity index (χ1) is 9.04. The van der Waals surface area contributed by atoms with Crippen LogP contribution in [0.2, 0.25) is 0 Å². The zero-order valence-corrected chi connectivity index (χ0v) is 13.8. The van der Waals surface area contributed by atoms with E-state index in [9.17, 15) is 9.59 Å². The van der Waals surface area contributed by atoms with Gasteiger partial charge >= 0.3 is 0 Å². The largest absolute Gasteiger partial charge is 0.339 e. The average molecular weight is 301 g/mol. The predicted molar refractivity (Wildman–Crippen MR) is 79.6 cm³/mol. The van der Waals surface area contributed by atoms with Crippen molar-refractivity contribution in [3.05, 3.63) is 0 Å². The third-order valence-corrected chi connectivity index (χ3v) is 5.52. The minimum Gasteiger partial charge on any atom is -0.339 e. The van der Waals surface area contributed by atoms with Gasteiger partial charge in [0.25, 0.3) is 0 Å². The molecule has 0 radical (unpaired) electrons. The van der Waals surface area contributed by atoms with E-state index in [0.717, 1.165) is 12.8 Å². The Morgan fingerprint density at radius 1 is 1.20 bits per heavy atom. The summed E-state index contributed by atoms with van der Waals surface area (Å²) in [5.74, 6) is -0.250. The summed E-state index contributed by atoms with van der Waals surface area (Å²) >= 11 is 5.56.